The summed E-state index contributed by atoms with van der Waals surface area (Å²) in [5.41, 5.74) is 8.46. The van der Waals surface area contributed by atoms with Crippen molar-refractivity contribution in [2.45, 2.75) is 19.4 Å². The lowest BCUT2D eigenvalue weighted by Crippen LogP contribution is -2.22. The van der Waals surface area contributed by atoms with Crippen LogP contribution in [0.25, 0.3) is 21.8 Å². The fourth-order valence-corrected chi connectivity index (χ4v) is 3.35. The number of hydrogen-bond donors (Lipinski definition) is 2. The van der Waals surface area contributed by atoms with Crippen molar-refractivity contribution < 1.29 is 0 Å². The smallest absolute Gasteiger partial charge is 0.262 e. The minimum atomic E-state index is -0.0871. The second-order valence-corrected chi connectivity index (χ2v) is 6.50. The normalized spacial score (nSPS) is 11.5. The molecule has 0 saturated carbocycles. The first-order valence-electron chi connectivity index (χ1n) is 8.33. The van der Waals surface area contributed by atoms with Gasteiger partial charge in [0.2, 0.25) is 0 Å². The van der Waals surface area contributed by atoms with Crippen LogP contribution in [0.4, 0.5) is 0 Å². The Labute approximate surface area is 153 Å². The summed E-state index contributed by atoms with van der Waals surface area (Å²) in [7, 11) is 0. The van der Waals surface area contributed by atoms with Crippen molar-refractivity contribution in [1.82, 2.24) is 24.7 Å². The minimum Gasteiger partial charge on any atom is -0.330 e. The van der Waals surface area contributed by atoms with Crippen LogP contribution in [0.15, 0.2) is 41.6 Å². The second-order valence-electron chi connectivity index (χ2n) is 6.06. The molecule has 0 unspecified atom stereocenters. The highest BCUT2D eigenvalue weighted by Crippen LogP contribution is 2.26. The largest absolute Gasteiger partial charge is 0.330 e. The highest BCUT2D eigenvalue weighted by Gasteiger charge is 2.17. The maximum absolute atomic E-state index is 13.2. The Morgan fingerprint density at radius 2 is 2.15 bits per heavy atom. The third kappa shape index (κ3) is 2.85. The molecule has 3 heterocycles. The first-order chi connectivity index (χ1) is 12.7. The summed E-state index contributed by atoms with van der Waals surface area (Å²) in [5, 5.41) is 9.39. The number of nitrogens with zero attached hydrogens (tertiary/aromatic N) is 4. The Morgan fingerprint density at radius 1 is 1.27 bits per heavy atom. The molecule has 0 aliphatic rings. The van der Waals surface area contributed by atoms with Gasteiger partial charge in [-0.15, -0.1) is 0 Å². The Kier molecular flexibility index (Phi) is 4.40. The average Bonchev–Trinajstić information content (AvgIpc) is 3.07. The number of pyridine rings is 1. The van der Waals surface area contributed by atoms with Gasteiger partial charge in [0.25, 0.3) is 5.56 Å². The highest BCUT2D eigenvalue weighted by molar-refractivity contribution is 6.31. The number of H-pyrrole nitrogens is 1. The van der Waals surface area contributed by atoms with E-state index in [1.54, 1.807) is 29.2 Å². The predicted octanol–water partition coefficient (Wildman–Crippen LogP) is 2.26. The van der Waals surface area contributed by atoms with Crippen LogP contribution < -0.4 is 11.3 Å². The van der Waals surface area contributed by atoms with Gasteiger partial charge < -0.3 is 10.3 Å². The van der Waals surface area contributed by atoms with Crippen LogP contribution in [-0.4, -0.2) is 31.3 Å². The van der Waals surface area contributed by atoms with E-state index in [-0.39, 0.29) is 5.56 Å². The Balaban J connectivity index is 1.98. The van der Waals surface area contributed by atoms with Crippen molar-refractivity contribution >= 4 is 33.4 Å². The fraction of sp³-hybridized carbons (Fsp3) is 0.222. The lowest BCUT2D eigenvalue weighted by Gasteiger charge is -2.11. The minimum absolute atomic E-state index is 0.0871. The van der Waals surface area contributed by atoms with Gasteiger partial charge in [0, 0.05) is 42.0 Å². The number of aryl methyl sites for hydroxylation is 1. The Morgan fingerprint density at radius 3 is 2.92 bits per heavy atom. The third-order valence-corrected chi connectivity index (χ3v) is 4.60. The highest BCUT2D eigenvalue weighted by atomic mass is 35.5. The Hall–Kier alpha value is -2.77. The summed E-state index contributed by atoms with van der Waals surface area (Å²) in [6.45, 7) is 1.05. The van der Waals surface area contributed by atoms with E-state index in [4.69, 9.17) is 17.3 Å². The molecular weight excluding hydrogens is 352 g/mol. The number of halogens is 1. The van der Waals surface area contributed by atoms with Crippen LogP contribution in [-0.2, 0) is 13.0 Å². The maximum Gasteiger partial charge on any atom is 0.262 e. The number of rotatable bonds is 5. The summed E-state index contributed by atoms with van der Waals surface area (Å²) in [4.78, 5) is 21.6. The molecule has 0 amide bonds. The van der Waals surface area contributed by atoms with Gasteiger partial charge in [-0.05, 0) is 31.2 Å². The van der Waals surface area contributed by atoms with Gasteiger partial charge in [0.15, 0.2) is 0 Å². The van der Waals surface area contributed by atoms with E-state index in [9.17, 15) is 4.79 Å². The molecule has 1 aromatic carbocycles. The van der Waals surface area contributed by atoms with Gasteiger partial charge in [-0.2, -0.15) is 5.10 Å². The molecule has 0 aliphatic carbocycles. The predicted molar refractivity (Wildman–Crippen MR) is 101 cm³/mol. The number of aromatic amines is 1. The molecule has 8 heteroatoms. The number of fused-ring (bicyclic) bond motifs is 3. The first-order valence-corrected chi connectivity index (χ1v) is 8.71. The van der Waals surface area contributed by atoms with Crippen LogP contribution in [0.3, 0.4) is 0 Å². The molecule has 0 radical (unpaired) electrons. The molecule has 0 aliphatic heterocycles. The molecule has 4 aromatic rings. The van der Waals surface area contributed by atoms with Crippen LogP contribution in [0.2, 0.25) is 5.02 Å². The molecule has 132 valence electrons. The number of benzene rings is 1. The fourth-order valence-electron chi connectivity index (χ4n) is 3.18. The van der Waals surface area contributed by atoms with Crippen LogP contribution in [0.1, 0.15) is 17.8 Å². The van der Waals surface area contributed by atoms with E-state index >= 15 is 0 Å². The van der Waals surface area contributed by atoms with Crippen molar-refractivity contribution in [3.05, 3.63) is 63.6 Å². The molecule has 0 saturated heterocycles. The molecule has 7 nitrogen and oxygen atoms in total. The molecule has 0 spiro atoms. The van der Waals surface area contributed by atoms with E-state index in [1.165, 1.54) is 0 Å². The zero-order chi connectivity index (χ0) is 18.1. The third-order valence-electron chi connectivity index (χ3n) is 4.37. The molecule has 4 rings (SSSR count). The zero-order valence-electron chi connectivity index (χ0n) is 13.9. The lowest BCUT2D eigenvalue weighted by atomic mass is 10.1. The monoisotopic (exact) mass is 368 g/mol. The molecular formula is C18H17ClN6O. The summed E-state index contributed by atoms with van der Waals surface area (Å²) < 4.78 is 1.75. The maximum atomic E-state index is 13.2. The molecule has 26 heavy (non-hydrogen) atoms. The van der Waals surface area contributed by atoms with Crippen molar-refractivity contribution in [2.75, 3.05) is 6.54 Å². The first kappa shape index (κ1) is 16.7. The van der Waals surface area contributed by atoms with E-state index in [2.05, 4.69) is 20.2 Å². The summed E-state index contributed by atoms with van der Waals surface area (Å²) in [5.74, 6) is 0. The van der Waals surface area contributed by atoms with Crippen molar-refractivity contribution in [3.63, 3.8) is 0 Å². The number of aromatic nitrogens is 5. The molecule has 0 bridgehead atoms. The van der Waals surface area contributed by atoms with E-state index in [0.29, 0.717) is 47.6 Å². The van der Waals surface area contributed by atoms with Gasteiger partial charge in [-0.1, -0.05) is 11.6 Å². The van der Waals surface area contributed by atoms with E-state index in [0.717, 1.165) is 16.6 Å². The second kappa shape index (κ2) is 6.86. The van der Waals surface area contributed by atoms with Crippen LogP contribution in [0.5, 0.6) is 0 Å². The SMILES string of the molecule is NCCCn1c(=O)c2c(Cc3cnccn3)[nH]nc2c2cc(Cl)ccc21. The quantitative estimate of drug-likeness (QED) is 0.562. The average molecular weight is 369 g/mol. The van der Waals surface area contributed by atoms with E-state index < -0.39 is 0 Å². The summed E-state index contributed by atoms with van der Waals surface area (Å²) in [6.07, 6.45) is 6.08. The van der Waals surface area contributed by atoms with Gasteiger partial charge in [-0.25, -0.2) is 0 Å². The summed E-state index contributed by atoms with van der Waals surface area (Å²) >= 11 is 6.19. The van der Waals surface area contributed by atoms with Gasteiger partial charge in [0.05, 0.1) is 22.3 Å². The van der Waals surface area contributed by atoms with Crippen LogP contribution >= 0.6 is 11.6 Å². The lowest BCUT2D eigenvalue weighted by molar-refractivity contribution is 0.654. The van der Waals surface area contributed by atoms with Gasteiger partial charge in [-0.3, -0.25) is 19.9 Å². The number of nitrogens with one attached hydrogen (secondary N) is 1. The van der Waals surface area contributed by atoms with Crippen LogP contribution in [0, 0.1) is 0 Å². The molecule has 0 fully saturated rings. The molecule has 3 N–H and O–H groups in total. The Bertz CT molecular complexity index is 1140. The van der Waals surface area contributed by atoms with Crippen molar-refractivity contribution in [3.8, 4) is 0 Å². The molecule has 0 atom stereocenters. The standard InChI is InChI=1S/C18H17ClN6O/c19-11-2-3-15-13(8-11)17-16(18(26)25(15)7-1-4-20)14(23-24-17)9-12-10-21-5-6-22-12/h2-3,5-6,8,10H,1,4,7,9,20H2,(H,23,24). The molecule has 3 aromatic heterocycles. The van der Waals surface area contributed by atoms with Crippen molar-refractivity contribution in [2.24, 2.45) is 5.73 Å². The zero-order valence-corrected chi connectivity index (χ0v) is 14.7. The topological polar surface area (TPSA) is 102 Å². The van der Waals surface area contributed by atoms with Gasteiger partial charge in [0.1, 0.15) is 5.52 Å². The van der Waals surface area contributed by atoms with Crippen molar-refractivity contribution in [1.29, 1.82) is 0 Å². The summed E-state index contributed by atoms with van der Waals surface area (Å²) in [6, 6.07) is 5.47. The number of hydrogen-bond acceptors (Lipinski definition) is 5. The van der Waals surface area contributed by atoms with E-state index in [1.807, 2.05) is 12.1 Å². The van der Waals surface area contributed by atoms with Gasteiger partial charge >= 0.3 is 0 Å². The number of nitrogens with two attached hydrogens (primary N) is 1.